The number of rotatable bonds is 5. The lowest BCUT2D eigenvalue weighted by Crippen LogP contribution is -2.26. The molecule has 0 aliphatic rings. The van der Waals surface area contributed by atoms with E-state index in [1.165, 1.54) is 0 Å². The number of nitrogens with one attached hydrogen (secondary N) is 1. The minimum atomic E-state index is 0.488. The summed E-state index contributed by atoms with van der Waals surface area (Å²) in [6, 6.07) is 0. The maximum Gasteiger partial charge on any atom is 0.121 e. The lowest BCUT2D eigenvalue weighted by atomic mass is 11.1. The fourth-order valence-electron chi connectivity index (χ4n) is 0.394. The molecule has 0 aliphatic heterocycles. The number of ether oxygens (including phenoxy) is 1. The maximum absolute atomic E-state index is 5.03. The summed E-state index contributed by atoms with van der Waals surface area (Å²) >= 11 is 0. The van der Waals surface area contributed by atoms with E-state index in [1.807, 2.05) is 7.05 Å². The Bertz CT molecular complexity index is 60.9. The Hall–Kier alpha value is -0.160. The Balaban J connectivity index is 2.95. The van der Waals surface area contributed by atoms with Crippen molar-refractivity contribution in [3.8, 4) is 0 Å². The third-order valence-corrected chi connectivity index (χ3v) is 0.740. The molecule has 0 saturated heterocycles. The van der Waals surface area contributed by atoms with Crippen molar-refractivity contribution in [1.82, 2.24) is 10.4 Å². The minimum Gasteiger partial charge on any atom is -0.367 e. The molecule has 0 aromatic carbocycles. The van der Waals surface area contributed by atoms with Gasteiger partial charge in [-0.3, -0.25) is 10.2 Å². The summed E-state index contributed by atoms with van der Waals surface area (Å²) in [4.78, 5) is 5.03. The number of nitrogens with zero attached hydrogens (tertiary/aromatic N) is 1. The van der Waals surface area contributed by atoms with E-state index in [9.17, 15) is 0 Å². The van der Waals surface area contributed by atoms with Gasteiger partial charge >= 0.3 is 0 Å². The molecule has 0 unspecified atom stereocenters. The monoisotopic (exact) mass is 134 g/mol. The Kier molecular flexibility index (Phi) is 5.86. The minimum absolute atomic E-state index is 0.488. The summed E-state index contributed by atoms with van der Waals surface area (Å²) in [6.45, 7) is 1.00. The van der Waals surface area contributed by atoms with Crippen molar-refractivity contribution in [2.75, 3.05) is 34.7 Å². The molecule has 1 N–H and O–H groups in total. The second kappa shape index (κ2) is 5.97. The fourth-order valence-corrected chi connectivity index (χ4v) is 0.394. The highest BCUT2D eigenvalue weighted by atomic mass is 16.7. The first-order valence-electron chi connectivity index (χ1n) is 2.79. The number of hydrogen-bond donors (Lipinski definition) is 1. The Morgan fingerprint density at radius 3 is 2.67 bits per heavy atom. The second-order valence-corrected chi connectivity index (χ2v) is 1.67. The van der Waals surface area contributed by atoms with Crippen LogP contribution < -0.4 is 5.32 Å². The first kappa shape index (κ1) is 8.84. The molecular weight excluding hydrogens is 120 g/mol. The van der Waals surface area contributed by atoms with Crippen LogP contribution in [0.1, 0.15) is 0 Å². The lowest BCUT2D eigenvalue weighted by Gasteiger charge is -2.13. The zero-order chi connectivity index (χ0) is 7.11. The number of hydrogen-bond acceptors (Lipinski definition) is 4. The lowest BCUT2D eigenvalue weighted by molar-refractivity contribution is -0.189. The molecule has 0 radical (unpaired) electrons. The van der Waals surface area contributed by atoms with Gasteiger partial charge in [0.15, 0.2) is 0 Å². The smallest absolute Gasteiger partial charge is 0.121 e. The second-order valence-electron chi connectivity index (χ2n) is 1.67. The van der Waals surface area contributed by atoms with Crippen LogP contribution >= 0.6 is 0 Å². The maximum atomic E-state index is 5.03. The molecule has 9 heavy (non-hydrogen) atoms. The molecule has 0 amide bonds. The van der Waals surface area contributed by atoms with Gasteiger partial charge in [-0.2, -0.15) is 5.06 Å². The number of hydroxylamine groups is 2. The molecule has 0 aliphatic carbocycles. The summed E-state index contributed by atoms with van der Waals surface area (Å²) in [7, 11) is 5.25. The van der Waals surface area contributed by atoms with Crippen molar-refractivity contribution in [3.05, 3.63) is 0 Å². The van der Waals surface area contributed by atoms with Crippen LogP contribution in [0.15, 0.2) is 0 Å². The van der Waals surface area contributed by atoms with Crippen LogP contribution in [0.4, 0.5) is 0 Å². The van der Waals surface area contributed by atoms with Crippen molar-refractivity contribution in [3.63, 3.8) is 0 Å². The molecule has 0 atom stereocenters. The first-order valence-corrected chi connectivity index (χ1v) is 2.79. The predicted molar refractivity (Wildman–Crippen MR) is 34.7 cm³/mol. The fraction of sp³-hybridized carbons (Fsp3) is 1.00. The van der Waals surface area contributed by atoms with Crippen LogP contribution in [0.25, 0.3) is 0 Å². The third kappa shape index (κ3) is 5.72. The SMILES string of the molecule is CNCON(C)COC. The van der Waals surface area contributed by atoms with E-state index in [1.54, 1.807) is 19.2 Å². The van der Waals surface area contributed by atoms with Gasteiger partial charge in [-0.1, -0.05) is 0 Å². The van der Waals surface area contributed by atoms with Crippen LogP contribution in [0.2, 0.25) is 0 Å². The van der Waals surface area contributed by atoms with E-state index in [0.29, 0.717) is 13.5 Å². The molecule has 0 rings (SSSR count). The summed E-state index contributed by atoms with van der Waals surface area (Å²) in [5, 5.41) is 4.45. The third-order valence-electron chi connectivity index (χ3n) is 0.740. The molecular formula is C5H14N2O2. The molecule has 4 heteroatoms. The van der Waals surface area contributed by atoms with Gasteiger partial charge in [0.1, 0.15) is 13.5 Å². The average molecular weight is 134 g/mol. The molecule has 0 aromatic heterocycles. The van der Waals surface area contributed by atoms with Crippen LogP contribution in [-0.2, 0) is 9.57 Å². The van der Waals surface area contributed by atoms with Gasteiger partial charge in [0, 0.05) is 14.2 Å². The molecule has 0 fully saturated rings. The molecule has 0 aromatic rings. The summed E-state index contributed by atoms with van der Waals surface area (Å²) < 4.78 is 4.77. The number of methoxy groups -OCH3 is 1. The van der Waals surface area contributed by atoms with Crippen LogP contribution in [0.3, 0.4) is 0 Å². The van der Waals surface area contributed by atoms with Gasteiger partial charge in [-0.15, -0.1) is 0 Å². The largest absolute Gasteiger partial charge is 0.367 e. The van der Waals surface area contributed by atoms with Crippen molar-refractivity contribution in [2.45, 2.75) is 0 Å². The highest BCUT2D eigenvalue weighted by molar-refractivity contribution is 4.18. The van der Waals surface area contributed by atoms with E-state index in [-0.39, 0.29) is 0 Å². The first-order chi connectivity index (χ1) is 4.31. The summed E-state index contributed by atoms with van der Waals surface area (Å²) in [6.07, 6.45) is 0. The predicted octanol–water partition coefficient (Wildman–Crippen LogP) is -0.369. The molecule has 0 saturated carbocycles. The van der Waals surface area contributed by atoms with Crippen molar-refractivity contribution in [2.24, 2.45) is 0 Å². The van der Waals surface area contributed by atoms with E-state index in [0.717, 1.165) is 0 Å². The van der Waals surface area contributed by atoms with E-state index < -0.39 is 0 Å². The van der Waals surface area contributed by atoms with Gasteiger partial charge in [-0.25, -0.2) is 0 Å². The Morgan fingerprint density at radius 2 is 2.22 bits per heavy atom. The van der Waals surface area contributed by atoms with Gasteiger partial charge in [0.05, 0.1) is 0 Å². The van der Waals surface area contributed by atoms with Crippen LogP contribution in [0.5, 0.6) is 0 Å². The van der Waals surface area contributed by atoms with E-state index >= 15 is 0 Å². The van der Waals surface area contributed by atoms with Gasteiger partial charge in [0.2, 0.25) is 0 Å². The van der Waals surface area contributed by atoms with E-state index in [4.69, 9.17) is 9.57 Å². The standard InChI is InChI=1S/C5H14N2O2/c1-6-4-9-7(2)5-8-3/h6H,4-5H2,1-3H3. The summed E-state index contributed by atoms with van der Waals surface area (Å²) in [5.41, 5.74) is 0. The van der Waals surface area contributed by atoms with Gasteiger partial charge in [0.25, 0.3) is 0 Å². The zero-order valence-corrected chi connectivity index (χ0v) is 6.18. The molecule has 56 valence electrons. The highest BCUT2D eigenvalue weighted by Crippen LogP contribution is 1.80. The topological polar surface area (TPSA) is 33.7 Å². The molecule has 0 bridgehead atoms. The quantitative estimate of drug-likeness (QED) is 0.411. The van der Waals surface area contributed by atoms with Crippen molar-refractivity contribution in [1.29, 1.82) is 0 Å². The van der Waals surface area contributed by atoms with E-state index in [2.05, 4.69) is 5.32 Å². The molecule has 4 nitrogen and oxygen atoms in total. The Morgan fingerprint density at radius 1 is 1.56 bits per heavy atom. The van der Waals surface area contributed by atoms with Crippen molar-refractivity contribution >= 4 is 0 Å². The normalized spacial score (nSPS) is 10.7. The average Bonchev–Trinajstić information content (AvgIpc) is 1.85. The van der Waals surface area contributed by atoms with Crippen molar-refractivity contribution < 1.29 is 9.57 Å². The highest BCUT2D eigenvalue weighted by Gasteiger charge is 1.92. The summed E-state index contributed by atoms with van der Waals surface area (Å²) in [5.74, 6) is 0. The Labute approximate surface area is 55.7 Å². The van der Waals surface area contributed by atoms with Crippen LogP contribution in [-0.4, -0.2) is 39.7 Å². The van der Waals surface area contributed by atoms with Gasteiger partial charge < -0.3 is 4.74 Å². The van der Waals surface area contributed by atoms with Crippen LogP contribution in [0, 0.1) is 0 Å². The molecule has 0 spiro atoms. The zero-order valence-electron chi connectivity index (χ0n) is 6.18. The van der Waals surface area contributed by atoms with Gasteiger partial charge in [-0.05, 0) is 7.05 Å². The molecule has 0 heterocycles.